The first-order valence-corrected chi connectivity index (χ1v) is 7.04. The highest BCUT2D eigenvalue weighted by Crippen LogP contribution is 2.16. The van der Waals surface area contributed by atoms with Gasteiger partial charge in [-0.2, -0.15) is 0 Å². The highest BCUT2D eigenvalue weighted by molar-refractivity contribution is 5.77. The molecule has 116 valence electrons. The molecule has 2 rings (SSSR count). The molecule has 0 aliphatic carbocycles. The molecule has 0 radical (unpaired) electrons. The Balaban J connectivity index is 1.69. The van der Waals surface area contributed by atoms with E-state index in [2.05, 4.69) is 5.32 Å². The van der Waals surface area contributed by atoms with Gasteiger partial charge >= 0.3 is 0 Å². The van der Waals surface area contributed by atoms with Gasteiger partial charge in [0, 0.05) is 6.54 Å². The summed E-state index contributed by atoms with van der Waals surface area (Å²) in [6.07, 6.45) is -0.232. The Hall–Kier alpha value is -2.40. The highest BCUT2D eigenvalue weighted by atomic mass is 19.1. The highest BCUT2D eigenvalue weighted by Gasteiger charge is 2.09. The SMILES string of the molecule is O=C(COc1ccccc1F)NCC[C@H](O)c1ccccc1. The number of carbonyl (C=O) groups excluding carboxylic acids is 1. The maximum absolute atomic E-state index is 13.3. The topological polar surface area (TPSA) is 58.6 Å². The number of halogens is 1. The summed E-state index contributed by atoms with van der Waals surface area (Å²) >= 11 is 0. The lowest BCUT2D eigenvalue weighted by atomic mass is 10.1. The van der Waals surface area contributed by atoms with Crippen LogP contribution in [0.1, 0.15) is 18.1 Å². The molecular weight excluding hydrogens is 285 g/mol. The first-order valence-electron chi connectivity index (χ1n) is 7.04. The number of benzene rings is 2. The summed E-state index contributed by atoms with van der Waals surface area (Å²) in [5.41, 5.74) is 0.805. The first kappa shape index (κ1) is 16.0. The van der Waals surface area contributed by atoms with E-state index in [1.807, 2.05) is 30.3 Å². The predicted octanol–water partition coefficient (Wildman–Crippen LogP) is 2.44. The van der Waals surface area contributed by atoms with Crippen molar-refractivity contribution in [3.63, 3.8) is 0 Å². The fraction of sp³-hybridized carbons (Fsp3) is 0.235. The van der Waals surface area contributed by atoms with Crippen LogP contribution in [-0.4, -0.2) is 24.2 Å². The molecule has 0 bridgehead atoms. The predicted molar refractivity (Wildman–Crippen MR) is 80.9 cm³/mol. The number of rotatable bonds is 7. The lowest BCUT2D eigenvalue weighted by molar-refractivity contribution is -0.123. The van der Waals surface area contributed by atoms with E-state index in [0.717, 1.165) is 5.56 Å². The second kappa shape index (κ2) is 8.14. The van der Waals surface area contributed by atoms with Crippen LogP contribution in [0.5, 0.6) is 5.75 Å². The van der Waals surface area contributed by atoms with Gasteiger partial charge in [0.2, 0.25) is 0 Å². The molecule has 1 amide bonds. The zero-order chi connectivity index (χ0) is 15.8. The number of para-hydroxylation sites is 1. The number of nitrogens with one attached hydrogen (secondary N) is 1. The fourth-order valence-electron chi connectivity index (χ4n) is 1.95. The van der Waals surface area contributed by atoms with Crippen molar-refractivity contribution in [1.29, 1.82) is 0 Å². The van der Waals surface area contributed by atoms with E-state index in [1.54, 1.807) is 12.1 Å². The molecule has 5 heteroatoms. The molecule has 2 aromatic carbocycles. The minimum Gasteiger partial charge on any atom is -0.481 e. The Morgan fingerprint density at radius 2 is 1.82 bits per heavy atom. The fourth-order valence-corrected chi connectivity index (χ4v) is 1.95. The minimum absolute atomic E-state index is 0.0435. The zero-order valence-corrected chi connectivity index (χ0v) is 12.0. The van der Waals surface area contributed by atoms with Crippen LogP contribution in [-0.2, 0) is 4.79 Å². The molecule has 22 heavy (non-hydrogen) atoms. The van der Waals surface area contributed by atoms with Gasteiger partial charge in [-0.05, 0) is 24.1 Å². The Morgan fingerprint density at radius 1 is 1.14 bits per heavy atom. The van der Waals surface area contributed by atoms with Gasteiger partial charge < -0.3 is 15.2 Å². The number of hydrogen-bond acceptors (Lipinski definition) is 3. The standard InChI is InChI=1S/C17H18FNO3/c18-14-8-4-5-9-16(14)22-12-17(21)19-11-10-15(20)13-6-2-1-3-7-13/h1-9,15,20H,10-12H2,(H,19,21)/t15-/m0/s1. The summed E-state index contributed by atoms with van der Waals surface area (Å²) in [4.78, 5) is 11.6. The molecular formula is C17H18FNO3. The minimum atomic E-state index is -0.631. The maximum atomic E-state index is 13.3. The van der Waals surface area contributed by atoms with Crippen LogP contribution in [0.15, 0.2) is 54.6 Å². The van der Waals surface area contributed by atoms with Crippen molar-refractivity contribution in [2.24, 2.45) is 0 Å². The van der Waals surface area contributed by atoms with E-state index in [1.165, 1.54) is 12.1 Å². The van der Waals surface area contributed by atoms with Gasteiger partial charge in [0.05, 0.1) is 6.10 Å². The third kappa shape index (κ3) is 4.86. The molecule has 0 aromatic heterocycles. The molecule has 4 nitrogen and oxygen atoms in total. The Kier molecular flexibility index (Phi) is 5.91. The molecule has 0 saturated carbocycles. The van der Waals surface area contributed by atoms with E-state index in [9.17, 15) is 14.3 Å². The summed E-state index contributed by atoms with van der Waals surface area (Å²) in [6, 6.07) is 15.1. The summed E-state index contributed by atoms with van der Waals surface area (Å²) in [6.45, 7) is 0.0535. The maximum Gasteiger partial charge on any atom is 0.257 e. The second-order valence-electron chi connectivity index (χ2n) is 4.78. The van der Waals surface area contributed by atoms with Gasteiger partial charge in [-0.15, -0.1) is 0 Å². The molecule has 0 aliphatic heterocycles. The molecule has 2 aromatic rings. The van der Waals surface area contributed by atoms with Crippen molar-refractivity contribution < 1.29 is 19.0 Å². The van der Waals surface area contributed by atoms with Gasteiger partial charge in [-0.25, -0.2) is 4.39 Å². The largest absolute Gasteiger partial charge is 0.481 e. The Bertz CT molecular complexity index is 604. The van der Waals surface area contributed by atoms with Crippen molar-refractivity contribution in [1.82, 2.24) is 5.32 Å². The van der Waals surface area contributed by atoms with E-state index in [4.69, 9.17) is 4.74 Å². The molecule has 0 heterocycles. The summed E-state index contributed by atoms with van der Waals surface area (Å²) in [5, 5.41) is 12.6. The monoisotopic (exact) mass is 303 g/mol. The Morgan fingerprint density at radius 3 is 2.55 bits per heavy atom. The Labute approximate surface area is 128 Å². The van der Waals surface area contributed by atoms with Crippen molar-refractivity contribution in [2.75, 3.05) is 13.2 Å². The van der Waals surface area contributed by atoms with Crippen LogP contribution in [0.2, 0.25) is 0 Å². The number of carbonyl (C=O) groups is 1. The third-order valence-corrected chi connectivity index (χ3v) is 3.12. The van der Waals surface area contributed by atoms with Crippen LogP contribution < -0.4 is 10.1 Å². The van der Waals surface area contributed by atoms with Crippen molar-refractivity contribution in [3.05, 3.63) is 66.0 Å². The van der Waals surface area contributed by atoms with Gasteiger partial charge in [0.1, 0.15) is 0 Å². The van der Waals surface area contributed by atoms with Gasteiger partial charge in [-0.1, -0.05) is 42.5 Å². The van der Waals surface area contributed by atoms with E-state index in [-0.39, 0.29) is 18.3 Å². The van der Waals surface area contributed by atoms with Gasteiger partial charge in [0.25, 0.3) is 5.91 Å². The lowest BCUT2D eigenvalue weighted by Gasteiger charge is -2.12. The molecule has 1 atom stereocenters. The molecule has 0 aliphatic rings. The smallest absolute Gasteiger partial charge is 0.257 e. The quantitative estimate of drug-likeness (QED) is 0.826. The average molecular weight is 303 g/mol. The van der Waals surface area contributed by atoms with Crippen LogP contribution >= 0.6 is 0 Å². The zero-order valence-electron chi connectivity index (χ0n) is 12.0. The van der Waals surface area contributed by atoms with E-state index >= 15 is 0 Å². The van der Waals surface area contributed by atoms with Crippen LogP contribution in [0.25, 0.3) is 0 Å². The number of aliphatic hydroxyl groups is 1. The number of amides is 1. The summed E-state index contributed by atoms with van der Waals surface area (Å²) in [7, 11) is 0. The molecule has 0 fully saturated rings. The van der Waals surface area contributed by atoms with Crippen LogP contribution in [0.3, 0.4) is 0 Å². The first-order chi connectivity index (χ1) is 10.7. The normalized spacial score (nSPS) is 11.7. The van der Waals surface area contributed by atoms with Crippen molar-refractivity contribution >= 4 is 5.91 Å². The number of aliphatic hydroxyl groups excluding tert-OH is 1. The van der Waals surface area contributed by atoms with E-state index in [0.29, 0.717) is 13.0 Å². The summed E-state index contributed by atoms with van der Waals surface area (Å²) in [5.74, 6) is -0.819. The molecule has 0 saturated heterocycles. The van der Waals surface area contributed by atoms with Crippen molar-refractivity contribution in [2.45, 2.75) is 12.5 Å². The molecule has 0 spiro atoms. The number of ether oxygens (including phenoxy) is 1. The molecule has 0 unspecified atom stereocenters. The van der Waals surface area contributed by atoms with Gasteiger partial charge in [0.15, 0.2) is 18.2 Å². The van der Waals surface area contributed by atoms with E-state index < -0.39 is 11.9 Å². The lowest BCUT2D eigenvalue weighted by Crippen LogP contribution is -2.30. The number of hydrogen-bond donors (Lipinski definition) is 2. The summed E-state index contributed by atoms with van der Waals surface area (Å²) < 4.78 is 18.4. The van der Waals surface area contributed by atoms with Crippen LogP contribution in [0.4, 0.5) is 4.39 Å². The molecule has 2 N–H and O–H groups in total. The second-order valence-corrected chi connectivity index (χ2v) is 4.78. The average Bonchev–Trinajstić information content (AvgIpc) is 2.55. The third-order valence-electron chi connectivity index (χ3n) is 3.12. The van der Waals surface area contributed by atoms with Crippen molar-refractivity contribution in [3.8, 4) is 5.75 Å². The van der Waals surface area contributed by atoms with Crippen LogP contribution in [0, 0.1) is 5.82 Å². The van der Waals surface area contributed by atoms with Gasteiger partial charge in [-0.3, -0.25) is 4.79 Å².